The van der Waals surface area contributed by atoms with Gasteiger partial charge in [0.2, 0.25) is 5.91 Å². The Labute approximate surface area is 180 Å². The molecule has 9 nitrogen and oxygen atoms in total. The maximum absolute atomic E-state index is 12.6. The minimum absolute atomic E-state index is 0.0525. The molecule has 9 heteroatoms. The maximum atomic E-state index is 12.6. The predicted molar refractivity (Wildman–Crippen MR) is 114 cm³/mol. The highest BCUT2D eigenvalue weighted by Gasteiger charge is 2.30. The summed E-state index contributed by atoms with van der Waals surface area (Å²) in [6, 6.07) is 7.39. The lowest BCUT2D eigenvalue weighted by molar-refractivity contribution is -0.137. The number of piperidine rings is 1. The number of likely N-dealkylation sites (N-methyl/N-ethyl adjacent to an activating group) is 1. The van der Waals surface area contributed by atoms with E-state index in [0.29, 0.717) is 37.1 Å². The number of ether oxygens (including phenoxy) is 1. The SMILES string of the molecule is CN1c2ccccc2C(=O)NC1COCC(=O)N1CCC(C(=O)c2cnn(C)c2)CC1. The summed E-state index contributed by atoms with van der Waals surface area (Å²) >= 11 is 0. The fourth-order valence-corrected chi connectivity index (χ4v) is 4.14. The molecule has 4 rings (SSSR count). The van der Waals surface area contributed by atoms with Gasteiger partial charge in [0.15, 0.2) is 5.78 Å². The summed E-state index contributed by atoms with van der Waals surface area (Å²) < 4.78 is 7.26. The number of likely N-dealkylation sites (tertiary alicyclic amines) is 1. The second-order valence-electron chi connectivity index (χ2n) is 8.05. The summed E-state index contributed by atoms with van der Waals surface area (Å²) in [6.45, 7) is 1.22. The summed E-state index contributed by atoms with van der Waals surface area (Å²) in [7, 11) is 3.67. The van der Waals surface area contributed by atoms with Crippen LogP contribution in [-0.4, -0.2) is 71.8 Å². The number of rotatable bonds is 6. The van der Waals surface area contributed by atoms with Gasteiger partial charge >= 0.3 is 0 Å². The fraction of sp³-hybridized carbons (Fsp3) is 0.455. The Hall–Kier alpha value is -3.20. The molecule has 0 spiro atoms. The first-order chi connectivity index (χ1) is 14.9. The van der Waals surface area contributed by atoms with Crippen LogP contribution in [0.2, 0.25) is 0 Å². The first-order valence-corrected chi connectivity index (χ1v) is 10.4. The van der Waals surface area contributed by atoms with Gasteiger partial charge in [-0.3, -0.25) is 19.1 Å². The van der Waals surface area contributed by atoms with E-state index in [1.165, 1.54) is 0 Å². The van der Waals surface area contributed by atoms with Gasteiger partial charge in [-0.15, -0.1) is 0 Å². The van der Waals surface area contributed by atoms with Crippen molar-refractivity contribution in [2.24, 2.45) is 13.0 Å². The van der Waals surface area contributed by atoms with Crippen LogP contribution in [0.1, 0.15) is 33.6 Å². The number of fused-ring (bicyclic) bond motifs is 1. The maximum Gasteiger partial charge on any atom is 0.255 e. The summed E-state index contributed by atoms with van der Waals surface area (Å²) in [5, 5.41) is 6.96. The molecule has 1 atom stereocenters. The number of benzene rings is 1. The molecule has 1 fully saturated rings. The number of ketones is 1. The lowest BCUT2D eigenvalue weighted by Crippen LogP contribution is -2.54. The van der Waals surface area contributed by atoms with Crippen molar-refractivity contribution in [3.8, 4) is 0 Å². The zero-order chi connectivity index (χ0) is 22.0. The lowest BCUT2D eigenvalue weighted by atomic mass is 9.90. The van der Waals surface area contributed by atoms with E-state index in [9.17, 15) is 14.4 Å². The molecule has 2 amide bonds. The number of hydrogen-bond donors (Lipinski definition) is 1. The molecule has 0 aliphatic carbocycles. The average Bonchev–Trinajstić information content (AvgIpc) is 3.23. The van der Waals surface area contributed by atoms with Crippen LogP contribution in [0.5, 0.6) is 0 Å². The van der Waals surface area contributed by atoms with Crippen molar-refractivity contribution in [2.45, 2.75) is 19.0 Å². The Morgan fingerprint density at radius 1 is 1.19 bits per heavy atom. The summed E-state index contributed by atoms with van der Waals surface area (Å²) in [4.78, 5) is 41.1. The van der Waals surface area contributed by atoms with Crippen LogP contribution in [0.4, 0.5) is 5.69 Å². The fourth-order valence-electron chi connectivity index (χ4n) is 4.14. The van der Waals surface area contributed by atoms with E-state index in [2.05, 4.69) is 10.4 Å². The monoisotopic (exact) mass is 425 g/mol. The average molecular weight is 425 g/mol. The number of nitrogens with one attached hydrogen (secondary N) is 1. The highest BCUT2D eigenvalue weighted by molar-refractivity contribution is 6.01. The minimum atomic E-state index is -0.335. The highest BCUT2D eigenvalue weighted by atomic mass is 16.5. The smallest absolute Gasteiger partial charge is 0.255 e. The molecule has 2 aromatic rings. The zero-order valence-electron chi connectivity index (χ0n) is 17.8. The zero-order valence-corrected chi connectivity index (χ0v) is 17.8. The van der Waals surface area contributed by atoms with Crippen molar-refractivity contribution in [3.63, 3.8) is 0 Å². The van der Waals surface area contributed by atoms with E-state index >= 15 is 0 Å². The third-order valence-electron chi connectivity index (χ3n) is 6.00. The van der Waals surface area contributed by atoms with Crippen LogP contribution >= 0.6 is 0 Å². The molecular formula is C22H27N5O4. The number of nitrogens with zero attached hydrogens (tertiary/aromatic N) is 4. The van der Waals surface area contributed by atoms with E-state index < -0.39 is 0 Å². The number of aromatic nitrogens is 2. The van der Waals surface area contributed by atoms with Crippen LogP contribution in [0, 0.1) is 5.92 Å². The number of carbonyl (C=O) groups excluding carboxylic acids is 3. The molecule has 1 N–H and O–H groups in total. The highest BCUT2D eigenvalue weighted by Crippen LogP contribution is 2.25. The molecule has 1 unspecified atom stereocenters. The number of carbonyl (C=O) groups is 3. The van der Waals surface area contributed by atoms with Gasteiger partial charge < -0.3 is 19.9 Å². The minimum Gasteiger partial charge on any atom is -0.368 e. The number of aryl methyl sites for hydroxylation is 1. The number of hydrogen-bond acceptors (Lipinski definition) is 6. The number of amides is 2. The number of para-hydroxylation sites is 1. The molecule has 2 aliphatic rings. The molecule has 1 aromatic heterocycles. The molecule has 2 aliphatic heterocycles. The van der Waals surface area contributed by atoms with Gasteiger partial charge in [-0.1, -0.05) is 12.1 Å². The first kappa shape index (κ1) is 21.0. The molecule has 3 heterocycles. The second kappa shape index (κ2) is 8.89. The molecule has 0 saturated carbocycles. The largest absolute Gasteiger partial charge is 0.368 e. The Morgan fingerprint density at radius 2 is 1.94 bits per heavy atom. The van der Waals surface area contributed by atoms with Gasteiger partial charge in [-0.05, 0) is 25.0 Å². The topological polar surface area (TPSA) is 96.8 Å². The van der Waals surface area contributed by atoms with E-state index in [0.717, 1.165) is 5.69 Å². The summed E-state index contributed by atoms with van der Waals surface area (Å²) in [6.07, 6.45) is 4.26. The van der Waals surface area contributed by atoms with Crippen LogP contribution < -0.4 is 10.2 Å². The molecule has 0 bridgehead atoms. The van der Waals surface area contributed by atoms with Crippen molar-refractivity contribution in [1.29, 1.82) is 0 Å². The lowest BCUT2D eigenvalue weighted by Gasteiger charge is -2.36. The Balaban J connectivity index is 1.23. The third-order valence-corrected chi connectivity index (χ3v) is 6.00. The van der Waals surface area contributed by atoms with E-state index in [4.69, 9.17) is 4.74 Å². The number of anilines is 1. The van der Waals surface area contributed by atoms with Crippen molar-refractivity contribution in [3.05, 3.63) is 47.8 Å². The van der Waals surface area contributed by atoms with Crippen LogP contribution in [0.15, 0.2) is 36.7 Å². The quantitative estimate of drug-likeness (QED) is 0.696. The van der Waals surface area contributed by atoms with E-state index in [-0.39, 0.29) is 42.9 Å². The summed E-state index contributed by atoms with van der Waals surface area (Å²) in [5.41, 5.74) is 2.09. The normalized spacial score (nSPS) is 19.2. The third kappa shape index (κ3) is 4.46. The van der Waals surface area contributed by atoms with Gasteiger partial charge in [-0.2, -0.15) is 5.10 Å². The molecular weight excluding hydrogens is 398 g/mol. The van der Waals surface area contributed by atoms with E-state index in [1.807, 2.05) is 30.1 Å². The first-order valence-electron chi connectivity index (χ1n) is 10.4. The van der Waals surface area contributed by atoms with Crippen molar-refractivity contribution < 1.29 is 19.1 Å². The van der Waals surface area contributed by atoms with Gasteiger partial charge in [0.05, 0.1) is 29.6 Å². The van der Waals surface area contributed by atoms with Gasteiger partial charge in [0, 0.05) is 39.3 Å². The molecule has 0 radical (unpaired) electrons. The Morgan fingerprint density at radius 3 is 2.65 bits per heavy atom. The molecule has 1 aromatic carbocycles. The molecule has 1 saturated heterocycles. The van der Waals surface area contributed by atoms with Crippen molar-refractivity contribution in [2.75, 3.05) is 38.3 Å². The summed E-state index contributed by atoms with van der Waals surface area (Å²) in [5.74, 6) is -0.236. The Bertz CT molecular complexity index is 980. The standard InChI is InChI=1S/C22H27N5O4/c1-25-12-16(11-23-25)21(29)15-7-9-27(10-8-15)20(28)14-31-13-19-24-22(30)17-5-3-4-6-18(17)26(19)2/h3-6,11-12,15,19H,7-10,13-14H2,1-2H3,(H,24,30). The van der Waals surface area contributed by atoms with Crippen LogP contribution in [0.3, 0.4) is 0 Å². The predicted octanol–water partition coefficient (Wildman–Crippen LogP) is 1.06. The van der Waals surface area contributed by atoms with Crippen molar-refractivity contribution >= 4 is 23.3 Å². The van der Waals surface area contributed by atoms with E-state index in [1.54, 1.807) is 35.1 Å². The second-order valence-corrected chi connectivity index (χ2v) is 8.05. The van der Waals surface area contributed by atoms with Gasteiger partial charge in [0.1, 0.15) is 12.8 Å². The Kier molecular flexibility index (Phi) is 6.03. The van der Waals surface area contributed by atoms with Crippen molar-refractivity contribution in [1.82, 2.24) is 20.0 Å². The number of Topliss-reactive ketones (excluding diaryl/α,β-unsaturated/α-hetero) is 1. The van der Waals surface area contributed by atoms with Gasteiger partial charge in [-0.25, -0.2) is 0 Å². The van der Waals surface area contributed by atoms with Crippen LogP contribution in [0.25, 0.3) is 0 Å². The molecule has 164 valence electrons. The van der Waals surface area contributed by atoms with Crippen LogP contribution in [-0.2, 0) is 16.6 Å². The molecule has 31 heavy (non-hydrogen) atoms. The van der Waals surface area contributed by atoms with Gasteiger partial charge in [0.25, 0.3) is 5.91 Å².